The maximum Gasteiger partial charge on any atom is 0.227 e. The second kappa shape index (κ2) is 5.21. The Bertz CT molecular complexity index is 471. The Morgan fingerprint density at radius 1 is 1.44 bits per heavy atom. The summed E-state index contributed by atoms with van der Waals surface area (Å²) in [4.78, 5) is 24.8. The number of nitrogens with two attached hydrogens (primary N) is 1. The third-order valence-electron chi connectivity index (χ3n) is 3.33. The summed E-state index contributed by atoms with van der Waals surface area (Å²) in [5.41, 5.74) is 7.35. The topological polar surface area (TPSA) is 63.4 Å². The first-order valence-electron chi connectivity index (χ1n) is 6.31. The van der Waals surface area contributed by atoms with Crippen LogP contribution in [0.4, 0.5) is 5.69 Å². The van der Waals surface area contributed by atoms with E-state index in [4.69, 9.17) is 5.73 Å². The maximum atomic E-state index is 12.0. The van der Waals surface area contributed by atoms with Crippen LogP contribution in [0.1, 0.15) is 25.3 Å². The van der Waals surface area contributed by atoms with Crippen LogP contribution in [-0.2, 0) is 16.0 Å². The number of amides is 2. The molecule has 1 aliphatic rings. The number of nitrogens with zero attached hydrogens (tertiary/aromatic N) is 1. The molecule has 18 heavy (non-hydrogen) atoms. The van der Waals surface area contributed by atoms with Crippen molar-refractivity contribution in [2.24, 2.45) is 11.7 Å². The number of carbonyl (C=O) groups is 2. The Balaban J connectivity index is 2.26. The molecule has 1 aromatic rings. The second-order valence-corrected chi connectivity index (χ2v) is 4.69. The molecular weight excluding hydrogens is 228 g/mol. The van der Waals surface area contributed by atoms with E-state index in [0.717, 1.165) is 24.1 Å². The van der Waals surface area contributed by atoms with Gasteiger partial charge in [0.05, 0.1) is 5.92 Å². The van der Waals surface area contributed by atoms with Crippen LogP contribution in [0.5, 0.6) is 0 Å². The first-order valence-corrected chi connectivity index (χ1v) is 6.31. The van der Waals surface area contributed by atoms with Crippen LogP contribution in [-0.4, -0.2) is 18.4 Å². The lowest BCUT2D eigenvalue weighted by molar-refractivity contribution is -0.123. The molecule has 2 N–H and O–H groups in total. The zero-order valence-corrected chi connectivity index (χ0v) is 10.6. The molecule has 0 saturated carbocycles. The SMILES string of the molecule is CCCc1ccccc1N1CC(C(N)=O)CC1=O. The number of hydrogen-bond acceptors (Lipinski definition) is 2. The zero-order chi connectivity index (χ0) is 13.1. The van der Waals surface area contributed by atoms with E-state index in [2.05, 4.69) is 6.92 Å². The molecule has 0 aliphatic carbocycles. The number of para-hydroxylation sites is 1. The number of anilines is 1. The monoisotopic (exact) mass is 246 g/mol. The van der Waals surface area contributed by atoms with Crippen LogP contribution >= 0.6 is 0 Å². The smallest absolute Gasteiger partial charge is 0.227 e. The minimum atomic E-state index is -0.390. The van der Waals surface area contributed by atoms with E-state index in [-0.39, 0.29) is 24.2 Å². The fourth-order valence-corrected chi connectivity index (χ4v) is 2.39. The fraction of sp³-hybridized carbons (Fsp3) is 0.429. The number of primary amides is 1. The van der Waals surface area contributed by atoms with Crippen LogP contribution in [0, 0.1) is 5.92 Å². The Morgan fingerprint density at radius 2 is 2.17 bits per heavy atom. The van der Waals surface area contributed by atoms with Gasteiger partial charge >= 0.3 is 0 Å². The molecule has 0 aromatic heterocycles. The van der Waals surface area contributed by atoms with Crippen molar-refractivity contribution in [3.63, 3.8) is 0 Å². The van der Waals surface area contributed by atoms with Gasteiger partial charge in [-0.05, 0) is 18.1 Å². The second-order valence-electron chi connectivity index (χ2n) is 4.69. The standard InChI is InChI=1S/C14H18N2O2/c1-2-5-10-6-3-4-7-12(10)16-9-11(14(15)18)8-13(16)17/h3-4,6-7,11H,2,5,8-9H2,1H3,(H2,15,18). The van der Waals surface area contributed by atoms with Crippen molar-refractivity contribution < 1.29 is 9.59 Å². The van der Waals surface area contributed by atoms with Crippen molar-refractivity contribution in [1.82, 2.24) is 0 Å². The molecule has 0 bridgehead atoms. The summed E-state index contributed by atoms with van der Waals surface area (Å²) >= 11 is 0. The highest BCUT2D eigenvalue weighted by molar-refractivity contribution is 6.00. The van der Waals surface area contributed by atoms with Crippen molar-refractivity contribution in [2.75, 3.05) is 11.4 Å². The molecule has 1 heterocycles. The van der Waals surface area contributed by atoms with Gasteiger partial charge in [-0.25, -0.2) is 0 Å². The quantitative estimate of drug-likeness (QED) is 0.874. The molecule has 1 unspecified atom stereocenters. The lowest BCUT2D eigenvalue weighted by Crippen LogP contribution is -2.29. The van der Waals surface area contributed by atoms with Crippen LogP contribution in [0.15, 0.2) is 24.3 Å². The van der Waals surface area contributed by atoms with Gasteiger partial charge in [0.15, 0.2) is 0 Å². The maximum absolute atomic E-state index is 12.0. The Hall–Kier alpha value is -1.84. The summed E-state index contributed by atoms with van der Waals surface area (Å²) in [6, 6.07) is 7.86. The molecule has 1 saturated heterocycles. The molecule has 4 heteroatoms. The minimum Gasteiger partial charge on any atom is -0.369 e. The van der Waals surface area contributed by atoms with Gasteiger partial charge in [0.2, 0.25) is 11.8 Å². The van der Waals surface area contributed by atoms with E-state index in [0.29, 0.717) is 6.54 Å². The summed E-state index contributed by atoms with van der Waals surface area (Å²) in [7, 11) is 0. The van der Waals surface area contributed by atoms with Crippen LogP contribution < -0.4 is 10.6 Å². The molecule has 0 spiro atoms. The van der Waals surface area contributed by atoms with Gasteiger partial charge < -0.3 is 10.6 Å². The summed E-state index contributed by atoms with van der Waals surface area (Å²) in [6.45, 7) is 2.52. The van der Waals surface area contributed by atoms with E-state index >= 15 is 0 Å². The molecule has 1 aromatic carbocycles. The molecule has 1 aliphatic heterocycles. The van der Waals surface area contributed by atoms with Crippen molar-refractivity contribution in [1.29, 1.82) is 0 Å². The minimum absolute atomic E-state index is 0.0117. The first-order chi connectivity index (χ1) is 8.63. The number of rotatable bonds is 4. The van der Waals surface area contributed by atoms with E-state index in [9.17, 15) is 9.59 Å². The molecule has 0 radical (unpaired) electrons. The largest absolute Gasteiger partial charge is 0.369 e. The highest BCUT2D eigenvalue weighted by Crippen LogP contribution is 2.28. The van der Waals surface area contributed by atoms with E-state index in [1.54, 1.807) is 4.90 Å². The van der Waals surface area contributed by atoms with Crippen LogP contribution in [0.3, 0.4) is 0 Å². The normalized spacial score (nSPS) is 19.3. The molecule has 1 atom stereocenters. The Morgan fingerprint density at radius 3 is 2.78 bits per heavy atom. The van der Waals surface area contributed by atoms with Gasteiger partial charge in [-0.15, -0.1) is 0 Å². The van der Waals surface area contributed by atoms with Gasteiger partial charge in [0.1, 0.15) is 0 Å². The Kier molecular flexibility index (Phi) is 3.65. The third kappa shape index (κ3) is 2.37. The molecule has 4 nitrogen and oxygen atoms in total. The summed E-state index contributed by atoms with van der Waals surface area (Å²) in [5, 5.41) is 0. The summed E-state index contributed by atoms with van der Waals surface area (Å²) in [6.07, 6.45) is 2.19. The first kappa shape index (κ1) is 12.6. The predicted octanol–water partition coefficient (Wildman–Crippen LogP) is 1.48. The number of benzene rings is 1. The Labute approximate surface area is 107 Å². The van der Waals surface area contributed by atoms with Crippen molar-refractivity contribution in [3.8, 4) is 0 Å². The van der Waals surface area contributed by atoms with Crippen LogP contribution in [0.2, 0.25) is 0 Å². The average molecular weight is 246 g/mol. The highest BCUT2D eigenvalue weighted by Gasteiger charge is 2.34. The number of aryl methyl sites for hydroxylation is 1. The lowest BCUT2D eigenvalue weighted by Gasteiger charge is -2.20. The molecule has 2 rings (SSSR count). The van der Waals surface area contributed by atoms with Gasteiger partial charge in [0.25, 0.3) is 0 Å². The molecule has 96 valence electrons. The van der Waals surface area contributed by atoms with E-state index in [1.165, 1.54) is 0 Å². The van der Waals surface area contributed by atoms with E-state index in [1.807, 2.05) is 24.3 Å². The predicted molar refractivity (Wildman–Crippen MR) is 70.1 cm³/mol. The average Bonchev–Trinajstić information content (AvgIpc) is 2.73. The molecular formula is C14H18N2O2. The summed E-state index contributed by atoms with van der Waals surface area (Å²) in [5.74, 6) is -0.756. The van der Waals surface area contributed by atoms with Crippen molar-refractivity contribution >= 4 is 17.5 Å². The van der Waals surface area contributed by atoms with Gasteiger partial charge in [0, 0.05) is 18.7 Å². The van der Waals surface area contributed by atoms with Gasteiger partial charge in [-0.1, -0.05) is 31.5 Å². The van der Waals surface area contributed by atoms with Crippen LogP contribution in [0.25, 0.3) is 0 Å². The molecule has 1 fully saturated rings. The fourth-order valence-electron chi connectivity index (χ4n) is 2.39. The summed E-state index contributed by atoms with van der Waals surface area (Å²) < 4.78 is 0. The van der Waals surface area contributed by atoms with Gasteiger partial charge in [-0.2, -0.15) is 0 Å². The van der Waals surface area contributed by atoms with Crippen molar-refractivity contribution in [2.45, 2.75) is 26.2 Å². The lowest BCUT2D eigenvalue weighted by atomic mass is 10.1. The number of hydrogen-bond donors (Lipinski definition) is 1. The third-order valence-corrected chi connectivity index (χ3v) is 3.33. The van der Waals surface area contributed by atoms with E-state index < -0.39 is 0 Å². The zero-order valence-electron chi connectivity index (χ0n) is 10.6. The van der Waals surface area contributed by atoms with Crippen molar-refractivity contribution in [3.05, 3.63) is 29.8 Å². The van der Waals surface area contributed by atoms with Gasteiger partial charge in [-0.3, -0.25) is 9.59 Å². The molecule has 2 amide bonds. The number of carbonyl (C=O) groups excluding carboxylic acids is 2. The highest BCUT2D eigenvalue weighted by atomic mass is 16.2.